The molecule has 1 aromatic carbocycles. The highest BCUT2D eigenvalue weighted by Crippen LogP contribution is 2.30. The van der Waals surface area contributed by atoms with Gasteiger partial charge in [0.05, 0.1) is 12.0 Å². The molecule has 0 aliphatic rings. The fourth-order valence-corrected chi connectivity index (χ4v) is 1.68. The van der Waals surface area contributed by atoms with E-state index in [0.29, 0.717) is 0 Å². The standard InChI is InChI=1S/C13H14N2O6/c1-4-10(21-13(17)14-2)8-6-5-7-9(15(18)19)11(8)12(16)20-3/h4-7,10H,1H2,2-3H3,(H,14,17). The van der Waals surface area contributed by atoms with Gasteiger partial charge in [-0.05, 0) is 6.08 Å². The van der Waals surface area contributed by atoms with Gasteiger partial charge in [-0.2, -0.15) is 0 Å². The Bertz CT molecular complexity index is 584. The maximum absolute atomic E-state index is 11.8. The average molecular weight is 294 g/mol. The first-order valence-electron chi connectivity index (χ1n) is 5.82. The number of benzene rings is 1. The average Bonchev–Trinajstić information content (AvgIpc) is 2.50. The number of esters is 1. The SMILES string of the molecule is C=CC(OC(=O)NC)c1cccc([N+](=O)[O-])c1C(=O)OC. The van der Waals surface area contributed by atoms with E-state index in [1.807, 2.05) is 0 Å². The molecule has 1 atom stereocenters. The van der Waals surface area contributed by atoms with Crippen LogP contribution >= 0.6 is 0 Å². The van der Waals surface area contributed by atoms with Crippen LogP contribution < -0.4 is 5.32 Å². The first kappa shape index (κ1) is 16.2. The van der Waals surface area contributed by atoms with Gasteiger partial charge < -0.3 is 14.8 Å². The fourth-order valence-electron chi connectivity index (χ4n) is 1.68. The molecule has 0 aliphatic carbocycles. The number of ether oxygens (including phenoxy) is 2. The summed E-state index contributed by atoms with van der Waals surface area (Å²) in [5.74, 6) is -0.898. The summed E-state index contributed by atoms with van der Waals surface area (Å²) in [6, 6.07) is 3.97. The molecule has 0 aromatic heterocycles. The minimum Gasteiger partial charge on any atom is -0.465 e. The van der Waals surface area contributed by atoms with Crippen molar-refractivity contribution in [2.75, 3.05) is 14.2 Å². The van der Waals surface area contributed by atoms with E-state index in [4.69, 9.17) is 4.74 Å². The van der Waals surface area contributed by atoms with Crippen LogP contribution in [0.5, 0.6) is 0 Å². The molecule has 0 saturated carbocycles. The van der Waals surface area contributed by atoms with Gasteiger partial charge in [-0.3, -0.25) is 10.1 Å². The zero-order valence-corrected chi connectivity index (χ0v) is 11.5. The smallest absolute Gasteiger partial charge is 0.407 e. The van der Waals surface area contributed by atoms with Crippen LogP contribution in [0.2, 0.25) is 0 Å². The zero-order chi connectivity index (χ0) is 16.0. The summed E-state index contributed by atoms with van der Waals surface area (Å²) >= 11 is 0. The van der Waals surface area contributed by atoms with Crippen LogP contribution in [0.25, 0.3) is 0 Å². The van der Waals surface area contributed by atoms with Gasteiger partial charge in [-0.1, -0.05) is 18.7 Å². The van der Waals surface area contributed by atoms with Crippen molar-refractivity contribution in [2.45, 2.75) is 6.10 Å². The first-order valence-corrected chi connectivity index (χ1v) is 5.82. The van der Waals surface area contributed by atoms with Crippen LogP contribution in [-0.4, -0.2) is 31.1 Å². The molecule has 0 spiro atoms. The topological polar surface area (TPSA) is 108 Å². The molecule has 112 valence electrons. The largest absolute Gasteiger partial charge is 0.465 e. The molecule has 1 N–H and O–H groups in total. The fraction of sp³-hybridized carbons (Fsp3) is 0.231. The Hall–Kier alpha value is -2.90. The second-order valence-electron chi connectivity index (χ2n) is 3.80. The van der Waals surface area contributed by atoms with Crippen LogP contribution in [0.4, 0.5) is 10.5 Å². The van der Waals surface area contributed by atoms with Crippen molar-refractivity contribution in [1.82, 2.24) is 5.32 Å². The number of rotatable bonds is 5. The van der Waals surface area contributed by atoms with E-state index in [0.717, 1.165) is 13.2 Å². The highest BCUT2D eigenvalue weighted by Gasteiger charge is 2.29. The van der Waals surface area contributed by atoms with Crippen LogP contribution in [0.1, 0.15) is 22.0 Å². The minimum atomic E-state index is -1.03. The number of hydrogen-bond acceptors (Lipinski definition) is 6. The van der Waals surface area contributed by atoms with Gasteiger partial charge in [0.2, 0.25) is 0 Å². The molecule has 0 bridgehead atoms. The molecule has 1 unspecified atom stereocenters. The highest BCUT2D eigenvalue weighted by molar-refractivity contribution is 5.95. The van der Waals surface area contributed by atoms with Gasteiger partial charge in [0.25, 0.3) is 5.69 Å². The Kier molecular flexibility index (Phi) is 5.41. The Labute approximate surface area is 120 Å². The van der Waals surface area contributed by atoms with E-state index in [2.05, 4.69) is 16.6 Å². The Morgan fingerprint density at radius 3 is 2.62 bits per heavy atom. The first-order chi connectivity index (χ1) is 9.96. The number of nitrogens with zero attached hydrogens (tertiary/aromatic N) is 1. The molecule has 21 heavy (non-hydrogen) atoms. The van der Waals surface area contributed by atoms with Crippen molar-refractivity contribution in [3.05, 3.63) is 52.1 Å². The lowest BCUT2D eigenvalue weighted by Gasteiger charge is -2.16. The summed E-state index contributed by atoms with van der Waals surface area (Å²) in [5, 5.41) is 13.3. The number of alkyl carbamates (subject to hydrolysis) is 1. The van der Waals surface area contributed by atoms with Crippen molar-refractivity contribution in [1.29, 1.82) is 0 Å². The second kappa shape index (κ2) is 7.04. The normalized spacial score (nSPS) is 11.1. The maximum atomic E-state index is 11.8. The number of amides is 1. The number of carbonyl (C=O) groups excluding carboxylic acids is 2. The third-order valence-electron chi connectivity index (χ3n) is 2.62. The van der Waals surface area contributed by atoms with Crippen molar-refractivity contribution < 1.29 is 24.0 Å². The number of nitro groups is 1. The molecule has 8 heteroatoms. The predicted molar refractivity (Wildman–Crippen MR) is 72.9 cm³/mol. The summed E-state index contributed by atoms with van der Waals surface area (Å²) in [5.41, 5.74) is -0.597. The van der Waals surface area contributed by atoms with E-state index < -0.39 is 28.8 Å². The van der Waals surface area contributed by atoms with E-state index in [-0.39, 0.29) is 11.1 Å². The zero-order valence-electron chi connectivity index (χ0n) is 11.5. The Morgan fingerprint density at radius 1 is 1.48 bits per heavy atom. The molecule has 1 amide bonds. The van der Waals surface area contributed by atoms with Crippen molar-refractivity contribution in [3.63, 3.8) is 0 Å². The monoisotopic (exact) mass is 294 g/mol. The Balaban J connectivity index is 3.42. The molecule has 1 aromatic rings. The summed E-state index contributed by atoms with van der Waals surface area (Å²) < 4.78 is 9.57. The molecule has 1 rings (SSSR count). The van der Waals surface area contributed by atoms with E-state index >= 15 is 0 Å². The van der Waals surface area contributed by atoms with Gasteiger partial charge in [0, 0.05) is 18.7 Å². The number of nitro benzene ring substituents is 1. The maximum Gasteiger partial charge on any atom is 0.407 e. The summed E-state index contributed by atoms with van der Waals surface area (Å²) in [7, 11) is 2.46. The quantitative estimate of drug-likeness (QED) is 0.385. The van der Waals surface area contributed by atoms with Crippen LogP contribution in [0, 0.1) is 10.1 Å². The van der Waals surface area contributed by atoms with Gasteiger partial charge in [0.1, 0.15) is 11.7 Å². The van der Waals surface area contributed by atoms with Crippen molar-refractivity contribution in [3.8, 4) is 0 Å². The van der Waals surface area contributed by atoms with Gasteiger partial charge in [-0.15, -0.1) is 0 Å². The van der Waals surface area contributed by atoms with Crippen molar-refractivity contribution >= 4 is 17.7 Å². The van der Waals surface area contributed by atoms with Crippen molar-refractivity contribution in [2.24, 2.45) is 0 Å². The van der Waals surface area contributed by atoms with E-state index in [9.17, 15) is 19.7 Å². The van der Waals surface area contributed by atoms with Crippen LogP contribution in [-0.2, 0) is 9.47 Å². The second-order valence-corrected chi connectivity index (χ2v) is 3.80. The third kappa shape index (κ3) is 3.56. The summed E-state index contributed by atoms with van der Waals surface area (Å²) in [6.07, 6.45) is -0.540. The molecule has 0 fully saturated rings. The minimum absolute atomic E-state index is 0.120. The highest BCUT2D eigenvalue weighted by atomic mass is 16.6. The van der Waals surface area contributed by atoms with E-state index in [1.165, 1.54) is 25.3 Å². The number of methoxy groups -OCH3 is 1. The number of carbonyl (C=O) groups is 2. The molecule has 0 radical (unpaired) electrons. The van der Waals surface area contributed by atoms with Crippen LogP contribution in [0.3, 0.4) is 0 Å². The molecule has 0 aliphatic heterocycles. The predicted octanol–water partition coefficient (Wildman–Crippen LogP) is 1.96. The van der Waals surface area contributed by atoms with Gasteiger partial charge >= 0.3 is 12.1 Å². The molecule has 0 heterocycles. The number of hydrogen-bond donors (Lipinski definition) is 1. The lowest BCUT2D eigenvalue weighted by Crippen LogP contribution is -2.22. The van der Waals surface area contributed by atoms with Crippen LogP contribution in [0.15, 0.2) is 30.9 Å². The van der Waals surface area contributed by atoms with E-state index in [1.54, 1.807) is 0 Å². The third-order valence-corrected chi connectivity index (χ3v) is 2.62. The lowest BCUT2D eigenvalue weighted by atomic mass is 10.0. The molecular formula is C13H14N2O6. The van der Waals surface area contributed by atoms with Gasteiger partial charge in [-0.25, -0.2) is 9.59 Å². The van der Waals surface area contributed by atoms with Gasteiger partial charge in [0.15, 0.2) is 0 Å². The number of nitrogens with one attached hydrogen (secondary N) is 1. The molecule has 0 saturated heterocycles. The lowest BCUT2D eigenvalue weighted by molar-refractivity contribution is -0.385. The summed E-state index contributed by atoms with van der Waals surface area (Å²) in [6.45, 7) is 3.50. The molecule has 8 nitrogen and oxygen atoms in total. The summed E-state index contributed by atoms with van der Waals surface area (Å²) in [4.78, 5) is 33.4. The Morgan fingerprint density at radius 2 is 2.14 bits per heavy atom. The molecular weight excluding hydrogens is 280 g/mol.